The molecule has 22 heavy (non-hydrogen) atoms. The zero-order valence-electron chi connectivity index (χ0n) is 14.0. The van der Waals surface area contributed by atoms with Crippen molar-refractivity contribution < 1.29 is 8.42 Å². The summed E-state index contributed by atoms with van der Waals surface area (Å²) in [7, 11) is -3.53. The smallest absolute Gasteiger partial charge is 0.207 e. The van der Waals surface area contributed by atoms with Gasteiger partial charge in [-0.2, -0.15) is 0 Å². The Labute approximate surface area is 133 Å². The van der Waals surface area contributed by atoms with Gasteiger partial charge in [-0.05, 0) is 48.6 Å². The van der Waals surface area contributed by atoms with Crippen molar-refractivity contribution in [3.8, 4) is 0 Å². The van der Waals surface area contributed by atoms with E-state index in [1.165, 1.54) is 0 Å². The second-order valence-corrected chi connectivity index (χ2v) is 9.42. The lowest BCUT2D eigenvalue weighted by molar-refractivity contribution is 0.269. The van der Waals surface area contributed by atoms with Crippen LogP contribution in [0.15, 0.2) is 47.4 Å². The maximum absolute atomic E-state index is 12.7. The predicted octanol–water partition coefficient (Wildman–Crippen LogP) is 4.33. The molecule has 0 fully saturated rings. The molecule has 2 rings (SSSR count). The molecule has 0 aliphatic heterocycles. The summed E-state index contributed by atoms with van der Waals surface area (Å²) in [6.45, 7) is 10.2. The molecule has 0 atom stereocenters. The molecule has 0 spiro atoms. The van der Waals surface area contributed by atoms with Crippen LogP contribution in [0, 0.1) is 5.41 Å². The van der Waals surface area contributed by atoms with Gasteiger partial charge in [-0.3, -0.25) is 0 Å². The molecule has 1 N–H and O–H groups in total. The Hall–Kier alpha value is -1.39. The van der Waals surface area contributed by atoms with Crippen LogP contribution in [0.3, 0.4) is 0 Å². The highest BCUT2D eigenvalue weighted by molar-refractivity contribution is 7.89. The summed E-state index contributed by atoms with van der Waals surface area (Å²) in [4.78, 5) is 0.313. The Morgan fingerprint density at radius 2 is 1.50 bits per heavy atom. The lowest BCUT2D eigenvalue weighted by Gasteiger charge is -2.33. The topological polar surface area (TPSA) is 46.2 Å². The molecule has 0 bridgehead atoms. The van der Waals surface area contributed by atoms with Gasteiger partial charge in [0, 0.05) is 5.54 Å². The maximum atomic E-state index is 12.7. The van der Waals surface area contributed by atoms with Crippen molar-refractivity contribution in [2.24, 2.45) is 5.41 Å². The fourth-order valence-corrected chi connectivity index (χ4v) is 4.57. The van der Waals surface area contributed by atoms with E-state index in [4.69, 9.17) is 0 Å². The molecule has 0 amide bonds. The summed E-state index contributed by atoms with van der Waals surface area (Å²) in [6, 6.07) is 13.0. The van der Waals surface area contributed by atoms with Crippen LogP contribution < -0.4 is 4.72 Å². The molecule has 0 heterocycles. The molecule has 0 saturated carbocycles. The van der Waals surface area contributed by atoms with E-state index < -0.39 is 15.6 Å². The van der Waals surface area contributed by atoms with E-state index in [9.17, 15) is 8.42 Å². The van der Waals surface area contributed by atoms with E-state index >= 15 is 0 Å². The number of rotatable bonds is 4. The fourth-order valence-electron chi connectivity index (χ4n) is 3.12. The Bertz CT molecular complexity index is 771. The Kier molecular flexibility index (Phi) is 4.37. The highest BCUT2D eigenvalue weighted by atomic mass is 32.2. The fraction of sp³-hybridized carbons (Fsp3) is 0.444. The molecule has 0 saturated heterocycles. The summed E-state index contributed by atoms with van der Waals surface area (Å²) >= 11 is 0. The summed E-state index contributed by atoms with van der Waals surface area (Å²) in [5, 5.41) is 1.97. The largest absolute Gasteiger partial charge is 0.241 e. The molecular formula is C18H25NO2S. The summed E-state index contributed by atoms with van der Waals surface area (Å²) in [5.74, 6) is 0. The van der Waals surface area contributed by atoms with Gasteiger partial charge >= 0.3 is 0 Å². The number of sulfonamides is 1. The third-order valence-corrected chi connectivity index (χ3v) is 5.11. The molecule has 4 heteroatoms. The van der Waals surface area contributed by atoms with Crippen molar-refractivity contribution >= 4 is 20.8 Å². The van der Waals surface area contributed by atoms with Crippen molar-refractivity contribution in [1.29, 1.82) is 0 Å². The van der Waals surface area contributed by atoms with Crippen molar-refractivity contribution in [3.05, 3.63) is 42.5 Å². The van der Waals surface area contributed by atoms with Gasteiger partial charge in [0.05, 0.1) is 4.90 Å². The number of hydrogen-bond acceptors (Lipinski definition) is 2. The molecule has 120 valence electrons. The van der Waals surface area contributed by atoms with Gasteiger partial charge in [-0.1, -0.05) is 51.1 Å². The lowest BCUT2D eigenvalue weighted by Crippen LogP contribution is -2.45. The van der Waals surface area contributed by atoms with Gasteiger partial charge in [0.15, 0.2) is 0 Å². The van der Waals surface area contributed by atoms with Crippen LogP contribution in [0.25, 0.3) is 10.8 Å². The highest BCUT2D eigenvalue weighted by Gasteiger charge is 2.30. The van der Waals surface area contributed by atoms with Gasteiger partial charge in [0.25, 0.3) is 0 Å². The Morgan fingerprint density at radius 1 is 0.909 bits per heavy atom. The average Bonchev–Trinajstić information content (AvgIpc) is 2.33. The first kappa shape index (κ1) is 17.0. The molecule has 0 radical (unpaired) electrons. The van der Waals surface area contributed by atoms with Gasteiger partial charge in [0.2, 0.25) is 10.0 Å². The van der Waals surface area contributed by atoms with Crippen molar-refractivity contribution in [3.63, 3.8) is 0 Å². The second kappa shape index (κ2) is 5.67. The zero-order chi connectivity index (χ0) is 16.6. The zero-order valence-corrected chi connectivity index (χ0v) is 14.8. The summed E-state index contributed by atoms with van der Waals surface area (Å²) in [5.41, 5.74) is -0.446. The molecule has 0 aromatic heterocycles. The third kappa shape index (κ3) is 4.31. The minimum atomic E-state index is -3.53. The first-order chi connectivity index (χ1) is 9.99. The monoisotopic (exact) mass is 319 g/mol. The number of fused-ring (bicyclic) bond motifs is 1. The van der Waals surface area contributed by atoms with Crippen molar-refractivity contribution in [2.45, 2.75) is 51.5 Å². The Balaban J connectivity index is 2.32. The van der Waals surface area contributed by atoms with Crippen LogP contribution in [-0.4, -0.2) is 14.0 Å². The minimum absolute atomic E-state index is 0.0510. The molecule has 0 aliphatic rings. The van der Waals surface area contributed by atoms with Crippen molar-refractivity contribution in [2.75, 3.05) is 0 Å². The van der Waals surface area contributed by atoms with Crippen LogP contribution in [0.5, 0.6) is 0 Å². The molecule has 2 aromatic rings. The first-order valence-corrected chi connectivity index (χ1v) is 9.00. The van der Waals surface area contributed by atoms with E-state index in [-0.39, 0.29) is 5.41 Å². The number of nitrogens with one attached hydrogen (secondary N) is 1. The van der Waals surface area contributed by atoms with E-state index in [1.54, 1.807) is 12.1 Å². The van der Waals surface area contributed by atoms with Gasteiger partial charge in [0.1, 0.15) is 0 Å². The molecule has 3 nitrogen and oxygen atoms in total. The predicted molar refractivity (Wildman–Crippen MR) is 92.4 cm³/mol. The van der Waals surface area contributed by atoms with Crippen molar-refractivity contribution in [1.82, 2.24) is 4.72 Å². The van der Waals surface area contributed by atoms with Crippen LogP contribution in [0.2, 0.25) is 0 Å². The maximum Gasteiger partial charge on any atom is 0.241 e. The van der Waals surface area contributed by atoms with Gasteiger partial charge < -0.3 is 0 Å². The van der Waals surface area contributed by atoms with E-state index in [0.717, 1.165) is 17.2 Å². The van der Waals surface area contributed by atoms with Crippen LogP contribution in [-0.2, 0) is 10.0 Å². The lowest BCUT2D eigenvalue weighted by atomic mass is 9.82. The minimum Gasteiger partial charge on any atom is -0.207 e. The molecule has 2 aromatic carbocycles. The van der Waals surface area contributed by atoms with E-state index in [2.05, 4.69) is 25.5 Å². The second-order valence-electron chi connectivity index (χ2n) is 7.74. The van der Waals surface area contributed by atoms with Crippen LogP contribution >= 0.6 is 0 Å². The van der Waals surface area contributed by atoms with E-state index in [0.29, 0.717) is 4.90 Å². The van der Waals surface area contributed by atoms with E-state index in [1.807, 2.05) is 44.2 Å². The third-order valence-electron chi connectivity index (χ3n) is 3.41. The summed E-state index contributed by atoms with van der Waals surface area (Å²) < 4.78 is 28.2. The average molecular weight is 319 g/mol. The van der Waals surface area contributed by atoms with Crippen LogP contribution in [0.1, 0.15) is 41.0 Å². The van der Waals surface area contributed by atoms with Gasteiger partial charge in [-0.25, -0.2) is 13.1 Å². The normalized spacial score (nSPS) is 13.5. The quantitative estimate of drug-likeness (QED) is 0.911. The standard InChI is InChI=1S/C18H25NO2S/c1-17(2,3)13-18(4,5)19-22(20,21)16-11-10-14-8-6-7-9-15(14)12-16/h6-12,19H,13H2,1-5H3. The molecule has 0 unspecified atom stereocenters. The molecular weight excluding hydrogens is 294 g/mol. The van der Waals surface area contributed by atoms with Crippen LogP contribution in [0.4, 0.5) is 0 Å². The first-order valence-electron chi connectivity index (χ1n) is 7.51. The number of benzene rings is 2. The highest BCUT2D eigenvalue weighted by Crippen LogP contribution is 2.28. The van der Waals surface area contributed by atoms with Gasteiger partial charge in [-0.15, -0.1) is 0 Å². The Morgan fingerprint density at radius 3 is 2.09 bits per heavy atom. The molecule has 0 aliphatic carbocycles. The SMILES string of the molecule is CC(C)(C)CC(C)(C)NS(=O)(=O)c1ccc2ccccc2c1. The number of hydrogen-bond donors (Lipinski definition) is 1. The summed E-state index contributed by atoms with van der Waals surface area (Å²) in [6.07, 6.45) is 0.757.